The van der Waals surface area contributed by atoms with E-state index in [4.69, 9.17) is 9.47 Å². The van der Waals surface area contributed by atoms with E-state index >= 15 is 0 Å². The summed E-state index contributed by atoms with van der Waals surface area (Å²) in [7, 11) is 1.64. The van der Waals surface area contributed by atoms with E-state index in [0.717, 1.165) is 24.2 Å². The highest BCUT2D eigenvalue weighted by molar-refractivity contribution is 6.01. The first-order valence-corrected chi connectivity index (χ1v) is 12.8. The van der Waals surface area contributed by atoms with Gasteiger partial charge in [0.25, 0.3) is 0 Å². The fourth-order valence-electron chi connectivity index (χ4n) is 5.06. The van der Waals surface area contributed by atoms with Crippen LogP contribution >= 0.6 is 0 Å². The summed E-state index contributed by atoms with van der Waals surface area (Å²) in [5, 5.41) is 8.35. The minimum absolute atomic E-state index is 0.0167. The Kier molecular flexibility index (Phi) is 7.53. The Labute approximate surface area is 221 Å². The molecule has 2 aliphatic rings. The lowest BCUT2D eigenvalue weighted by Crippen LogP contribution is -2.25. The second-order valence-corrected chi connectivity index (χ2v) is 9.61. The molecule has 1 saturated heterocycles. The Morgan fingerprint density at radius 3 is 2.45 bits per heavy atom. The van der Waals surface area contributed by atoms with Gasteiger partial charge in [-0.05, 0) is 91.0 Å². The number of benzene rings is 3. The molecule has 38 heavy (non-hydrogen) atoms. The number of hydrogen-bond acceptors (Lipinski definition) is 6. The number of ether oxygens (including phenoxy) is 2. The summed E-state index contributed by atoms with van der Waals surface area (Å²) >= 11 is 0. The molecule has 3 aromatic carbocycles. The molecular weight excluding hydrogens is 484 g/mol. The molecule has 0 bridgehead atoms. The van der Waals surface area contributed by atoms with Crippen molar-refractivity contribution >= 4 is 34.7 Å². The predicted molar refractivity (Wildman–Crippen MR) is 147 cm³/mol. The number of hydrogen-bond donors (Lipinski definition) is 2. The molecule has 196 valence electrons. The van der Waals surface area contributed by atoms with Crippen LogP contribution in [0.25, 0.3) is 0 Å². The summed E-state index contributed by atoms with van der Waals surface area (Å²) in [4.78, 5) is 37.8. The van der Waals surface area contributed by atoms with Crippen molar-refractivity contribution in [2.45, 2.75) is 44.1 Å². The number of nitroso groups, excluding NO2 is 1. The summed E-state index contributed by atoms with van der Waals surface area (Å²) in [5.74, 6) is 1.48. The largest absolute Gasteiger partial charge is 0.493 e. The fraction of sp³-hybridized carbons (Fsp3) is 0.310. The maximum Gasteiger partial charge on any atom is 0.323 e. The van der Waals surface area contributed by atoms with Crippen LogP contribution in [0, 0.1) is 4.91 Å². The summed E-state index contributed by atoms with van der Waals surface area (Å²) < 4.78 is 11.8. The third-order valence-corrected chi connectivity index (χ3v) is 7.03. The zero-order valence-corrected chi connectivity index (χ0v) is 21.2. The molecule has 0 radical (unpaired) electrons. The van der Waals surface area contributed by atoms with Crippen molar-refractivity contribution in [3.8, 4) is 11.5 Å². The summed E-state index contributed by atoms with van der Waals surface area (Å²) in [5.41, 5.74) is 3.12. The third-order valence-electron chi connectivity index (χ3n) is 7.03. The molecule has 1 heterocycles. The fourth-order valence-corrected chi connectivity index (χ4v) is 5.06. The van der Waals surface area contributed by atoms with E-state index in [1.54, 1.807) is 42.3 Å². The number of anilines is 3. The van der Waals surface area contributed by atoms with Crippen molar-refractivity contribution < 1.29 is 19.1 Å². The summed E-state index contributed by atoms with van der Waals surface area (Å²) in [6.07, 6.45) is 5.06. The van der Waals surface area contributed by atoms with Crippen LogP contribution < -0.4 is 25.0 Å². The van der Waals surface area contributed by atoms with Crippen molar-refractivity contribution in [3.63, 3.8) is 0 Å². The number of rotatable bonds is 8. The van der Waals surface area contributed by atoms with Crippen molar-refractivity contribution in [2.75, 3.05) is 29.2 Å². The lowest BCUT2D eigenvalue weighted by atomic mass is 9.98. The highest BCUT2D eigenvalue weighted by atomic mass is 16.5. The van der Waals surface area contributed by atoms with Gasteiger partial charge in [0.05, 0.1) is 13.2 Å². The van der Waals surface area contributed by atoms with Gasteiger partial charge in [0.15, 0.2) is 11.5 Å². The van der Waals surface area contributed by atoms with Gasteiger partial charge in [-0.15, -0.1) is 4.91 Å². The molecule has 1 atom stereocenters. The second-order valence-electron chi connectivity index (χ2n) is 9.61. The number of urea groups is 1. The first-order valence-electron chi connectivity index (χ1n) is 12.8. The minimum Gasteiger partial charge on any atom is -0.493 e. The zero-order valence-electron chi connectivity index (χ0n) is 21.2. The smallest absolute Gasteiger partial charge is 0.323 e. The van der Waals surface area contributed by atoms with Gasteiger partial charge in [-0.1, -0.05) is 12.1 Å². The molecular formula is C29H30N4O5. The minimum atomic E-state index is -0.437. The quantitative estimate of drug-likeness (QED) is 0.330. The molecule has 9 heteroatoms. The molecule has 2 fully saturated rings. The standard InChI is InChI=1S/C29H30N4O5/c1-37-26-14-9-19(15-27(26)38-25-7-2-3-8-25)20-16-28(34)33(18-20)24-6-4-5-23(17-24)31-29(35)30-21-10-12-22(32-36)13-11-21/h4-6,9-15,17,20,25H,2-3,7-8,16,18H2,1H3,(H2,30,31,35). The molecule has 0 spiro atoms. The molecule has 1 saturated carbocycles. The van der Waals surface area contributed by atoms with Crippen LogP contribution in [-0.4, -0.2) is 31.7 Å². The Bertz CT molecular complexity index is 1320. The number of carbonyl (C=O) groups excluding carboxylic acids is 2. The van der Waals surface area contributed by atoms with Crippen LogP contribution in [0.4, 0.5) is 27.5 Å². The average molecular weight is 515 g/mol. The van der Waals surface area contributed by atoms with Crippen LogP contribution in [-0.2, 0) is 4.79 Å². The van der Waals surface area contributed by atoms with Crippen LogP contribution in [0.1, 0.15) is 43.6 Å². The topological polar surface area (TPSA) is 109 Å². The van der Waals surface area contributed by atoms with Gasteiger partial charge in [0.2, 0.25) is 5.91 Å². The number of amides is 3. The van der Waals surface area contributed by atoms with E-state index in [1.165, 1.54) is 25.0 Å². The zero-order chi connectivity index (χ0) is 26.5. The molecule has 1 unspecified atom stereocenters. The van der Waals surface area contributed by atoms with E-state index in [9.17, 15) is 14.5 Å². The van der Waals surface area contributed by atoms with Gasteiger partial charge >= 0.3 is 6.03 Å². The van der Waals surface area contributed by atoms with E-state index in [2.05, 4.69) is 15.8 Å². The van der Waals surface area contributed by atoms with Gasteiger partial charge in [-0.25, -0.2) is 4.79 Å². The second kappa shape index (κ2) is 11.3. The molecule has 0 aromatic heterocycles. The van der Waals surface area contributed by atoms with E-state index in [-0.39, 0.29) is 23.6 Å². The number of nitrogens with one attached hydrogen (secondary N) is 2. The lowest BCUT2D eigenvalue weighted by molar-refractivity contribution is -0.117. The average Bonchev–Trinajstić information content (AvgIpc) is 3.59. The molecule has 5 rings (SSSR count). The Hall–Kier alpha value is -4.40. The van der Waals surface area contributed by atoms with Crippen LogP contribution in [0.15, 0.2) is 71.9 Å². The lowest BCUT2D eigenvalue weighted by Gasteiger charge is -2.20. The van der Waals surface area contributed by atoms with Crippen molar-refractivity contribution in [1.29, 1.82) is 0 Å². The van der Waals surface area contributed by atoms with Crippen LogP contribution in [0.5, 0.6) is 11.5 Å². The van der Waals surface area contributed by atoms with Gasteiger partial charge in [-0.2, -0.15) is 0 Å². The van der Waals surface area contributed by atoms with E-state index in [1.807, 2.05) is 24.3 Å². The SMILES string of the molecule is COc1ccc(C2CC(=O)N(c3cccc(NC(=O)Nc4ccc(N=O)cc4)c3)C2)cc1OC1CCCC1. The van der Waals surface area contributed by atoms with Gasteiger partial charge < -0.3 is 25.0 Å². The van der Waals surface area contributed by atoms with Crippen molar-refractivity contribution in [3.05, 3.63) is 77.2 Å². The number of methoxy groups -OCH3 is 1. The first kappa shape index (κ1) is 25.3. The molecule has 9 nitrogen and oxygen atoms in total. The predicted octanol–water partition coefficient (Wildman–Crippen LogP) is 6.58. The number of carbonyl (C=O) groups is 2. The summed E-state index contributed by atoms with van der Waals surface area (Å²) in [6.45, 7) is 0.529. The maximum atomic E-state index is 13.0. The number of nitrogens with zero attached hydrogens (tertiary/aromatic N) is 2. The Morgan fingerprint density at radius 2 is 1.71 bits per heavy atom. The molecule has 3 amide bonds. The Balaban J connectivity index is 1.26. The van der Waals surface area contributed by atoms with E-state index < -0.39 is 6.03 Å². The Morgan fingerprint density at radius 1 is 0.947 bits per heavy atom. The van der Waals surface area contributed by atoms with Crippen LogP contribution in [0.2, 0.25) is 0 Å². The maximum absolute atomic E-state index is 13.0. The van der Waals surface area contributed by atoms with Gasteiger partial charge in [0, 0.05) is 35.9 Å². The first-order chi connectivity index (χ1) is 18.5. The highest BCUT2D eigenvalue weighted by Crippen LogP contribution is 2.38. The van der Waals surface area contributed by atoms with Crippen molar-refractivity contribution in [1.82, 2.24) is 0 Å². The summed E-state index contributed by atoms with van der Waals surface area (Å²) in [6, 6.07) is 18.9. The molecule has 1 aliphatic carbocycles. The molecule has 2 N–H and O–H groups in total. The van der Waals surface area contributed by atoms with Gasteiger partial charge in [-0.3, -0.25) is 4.79 Å². The monoisotopic (exact) mass is 514 g/mol. The van der Waals surface area contributed by atoms with Gasteiger partial charge in [0.1, 0.15) is 5.69 Å². The normalized spacial score (nSPS) is 17.3. The van der Waals surface area contributed by atoms with E-state index in [0.29, 0.717) is 35.8 Å². The molecule has 1 aliphatic heterocycles. The third kappa shape index (κ3) is 5.77. The highest BCUT2D eigenvalue weighted by Gasteiger charge is 2.32. The molecule has 3 aromatic rings. The van der Waals surface area contributed by atoms with Crippen LogP contribution in [0.3, 0.4) is 0 Å². The van der Waals surface area contributed by atoms with Crippen molar-refractivity contribution in [2.24, 2.45) is 5.18 Å².